The van der Waals surface area contributed by atoms with Crippen LogP contribution in [0.4, 0.5) is 0 Å². The highest BCUT2D eigenvalue weighted by atomic mass is 16.7. The summed E-state index contributed by atoms with van der Waals surface area (Å²) in [6.07, 6.45) is 9.03. The number of allylic oxidation sites excluding steroid dienone is 1. The number of ketones is 1. The molecule has 0 aromatic rings. The third-order valence-corrected chi connectivity index (χ3v) is 3.70. The maximum atomic E-state index is 11.0. The van der Waals surface area contributed by atoms with E-state index in [1.807, 2.05) is 13.8 Å². The molecule has 1 heterocycles. The van der Waals surface area contributed by atoms with Crippen LogP contribution in [-0.2, 0) is 14.3 Å². The van der Waals surface area contributed by atoms with E-state index >= 15 is 0 Å². The molecule has 23 heavy (non-hydrogen) atoms. The molecule has 3 heteroatoms. The van der Waals surface area contributed by atoms with E-state index in [2.05, 4.69) is 37.2 Å². The predicted molar refractivity (Wildman–Crippen MR) is 92.6 cm³/mol. The molecule has 3 nitrogen and oxygen atoms in total. The van der Waals surface area contributed by atoms with Crippen molar-refractivity contribution in [1.29, 1.82) is 0 Å². The summed E-state index contributed by atoms with van der Waals surface area (Å²) in [6, 6.07) is 0. The Balaban J connectivity index is 2.46. The maximum absolute atomic E-state index is 11.0. The molecule has 0 bridgehead atoms. The fraction of sp³-hybridized carbons (Fsp3) is 0.650. The molecule has 1 rings (SSSR count). The smallest absolute Gasteiger partial charge is 0.229 e. The first-order chi connectivity index (χ1) is 11.0. The molecular weight excluding hydrogens is 288 g/mol. The van der Waals surface area contributed by atoms with Gasteiger partial charge in [0.1, 0.15) is 0 Å². The van der Waals surface area contributed by atoms with E-state index in [0.29, 0.717) is 6.42 Å². The van der Waals surface area contributed by atoms with Gasteiger partial charge in [-0.2, -0.15) is 0 Å². The van der Waals surface area contributed by atoms with Crippen LogP contribution in [0.1, 0.15) is 65.7 Å². The highest BCUT2D eigenvalue weighted by Gasteiger charge is 2.40. The highest BCUT2D eigenvalue weighted by Crippen LogP contribution is 2.32. The molecule has 1 aliphatic heterocycles. The van der Waals surface area contributed by atoms with Gasteiger partial charge in [-0.15, -0.1) is 0 Å². The van der Waals surface area contributed by atoms with Crippen LogP contribution >= 0.6 is 0 Å². The van der Waals surface area contributed by atoms with Gasteiger partial charge in [0, 0.05) is 6.42 Å². The van der Waals surface area contributed by atoms with E-state index < -0.39 is 5.79 Å². The van der Waals surface area contributed by atoms with E-state index in [-0.39, 0.29) is 18.0 Å². The molecule has 0 saturated carbocycles. The molecule has 2 atom stereocenters. The van der Waals surface area contributed by atoms with Gasteiger partial charge >= 0.3 is 0 Å². The Labute approximate surface area is 140 Å². The van der Waals surface area contributed by atoms with Gasteiger partial charge in [0.05, 0.1) is 12.2 Å². The number of carbonyl (C=O) groups excluding carboxylic acids is 1. The van der Waals surface area contributed by atoms with Gasteiger partial charge in [0.25, 0.3) is 0 Å². The summed E-state index contributed by atoms with van der Waals surface area (Å²) in [5, 5.41) is 0. The summed E-state index contributed by atoms with van der Waals surface area (Å²) in [5.74, 6) is 9.72. The molecule has 0 amide bonds. The lowest BCUT2D eigenvalue weighted by molar-refractivity contribution is -0.146. The van der Waals surface area contributed by atoms with Gasteiger partial charge in [-0.05, 0) is 44.1 Å². The monoisotopic (exact) mass is 316 g/mol. The van der Waals surface area contributed by atoms with Crippen molar-refractivity contribution >= 4 is 5.78 Å². The minimum absolute atomic E-state index is 0.0272. The summed E-state index contributed by atoms with van der Waals surface area (Å²) in [5.41, 5.74) is 0. The molecule has 0 spiro atoms. The second kappa shape index (κ2) is 10.3. The van der Waals surface area contributed by atoms with Crippen molar-refractivity contribution in [3.8, 4) is 23.7 Å². The zero-order valence-electron chi connectivity index (χ0n) is 14.6. The second-order valence-electron chi connectivity index (χ2n) is 6.24. The highest BCUT2D eigenvalue weighted by molar-refractivity contribution is 6.04. The molecule has 0 N–H and O–H groups in total. The molecule has 1 aliphatic rings. The largest absolute Gasteiger partial charge is 0.345 e. The van der Waals surface area contributed by atoms with E-state index in [1.54, 1.807) is 0 Å². The van der Waals surface area contributed by atoms with E-state index in [4.69, 9.17) is 9.47 Å². The SMILES string of the molecule is C=CC(=O)C#CC#CC[C@H]1OC(C)(C)O[C@@H]1CCCCCCC. The van der Waals surface area contributed by atoms with Crippen molar-refractivity contribution in [1.82, 2.24) is 0 Å². The second-order valence-corrected chi connectivity index (χ2v) is 6.24. The Morgan fingerprint density at radius 3 is 2.52 bits per heavy atom. The molecule has 0 unspecified atom stereocenters. The minimum atomic E-state index is -0.551. The van der Waals surface area contributed by atoms with Gasteiger partial charge < -0.3 is 9.47 Å². The molecular formula is C20H28O3. The third kappa shape index (κ3) is 8.03. The molecule has 126 valence electrons. The van der Waals surface area contributed by atoms with Crippen molar-refractivity contribution in [2.45, 2.75) is 83.7 Å². The molecule has 1 fully saturated rings. The van der Waals surface area contributed by atoms with E-state index in [9.17, 15) is 4.79 Å². The average Bonchev–Trinajstić information content (AvgIpc) is 2.80. The number of carbonyl (C=O) groups is 1. The maximum Gasteiger partial charge on any atom is 0.229 e. The standard InChI is InChI=1S/C20H28O3/c1-5-7-8-9-12-15-18-19(23-20(3,4)22-18)16-13-10-11-14-17(21)6-2/h6,18-19H,2,5,7-9,12,15-16H2,1,3-4H3/t18-,19-/m1/s1. The third-order valence-electron chi connectivity index (χ3n) is 3.70. The molecule has 0 radical (unpaired) electrons. The van der Waals surface area contributed by atoms with Crippen LogP contribution in [0.15, 0.2) is 12.7 Å². The Morgan fingerprint density at radius 1 is 1.13 bits per heavy atom. The molecule has 1 saturated heterocycles. The van der Waals surface area contributed by atoms with Crippen molar-refractivity contribution in [2.75, 3.05) is 0 Å². The van der Waals surface area contributed by atoms with Crippen molar-refractivity contribution in [3.63, 3.8) is 0 Å². The lowest BCUT2D eigenvalue weighted by Crippen LogP contribution is -2.21. The lowest BCUT2D eigenvalue weighted by Gasteiger charge is -2.16. The van der Waals surface area contributed by atoms with Gasteiger partial charge in [-0.1, -0.05) is 51.5 Å². The number of hydrogen-bond acceptors (Lipinski definition) is 3. The first-order valence-corrected chi connectivity index (χ1v) is 8.49. The van der Waals surface area contributed by atoms with Gasteiger partial charge in [-0.25, -0.2) is 0 Å². The minimum Gasteiger partial charge on any atom is -0.345 e. The Hall–Kier alpha value is -1.55. The summed E-state index contributed by atoms with van der Waals surface area (Å²) in [7, 11) is 0. The van der Waals surface area contributed by atoms with Crippen molar-refractivity contribution in [2.24, 2.45) is 0 Å². The van der Waals surface area contributed by atoms with Crippen LogP contribution in [0.25, 0.3) is 0 Å². The summed E-state index contributed by atoms with van der Waals surface area (Å²) >= 11 is 0. The summed E-state index contributed by atoms with van der Waals surface area (Å²) in [6.45, 7) is 9.45. The summed E-state index contributed by atoms with van der Waals surface area (Å²) < 4.78 is 11.9. The molecule has 0 aliphatic carbocycles. The average molecular weight is 316 g/mol. The van der Waals surface area contributed by atoms with E-state index in [1.165, 1.54) is 31.8 Å². The van der Waals surface area contributed by atoms with Crippen LogP contribution in [-0.4, -0.2) is 23.8 Å². The molecule has 0 aromatic heterocycles. The zero-order chi connectivity index (χ0) is 17.1. The number of unbranched alkanes of at least 4 members (excludes halogenated alkanes) is 4. The van der Waals surface area contributed by atoms with Gasteiger partial charge in [0.2, 0.25) is 5.78 Å². The van der Waals surface area contributed by atoms with Crippen LogP contribution in [0.5, 0.6) is 0 Å². The summed E-state index contributed by atoms with van der Waals surface area (Å²) in [4.78, 5) is 11.0. The fourth-order valence-corrected chi connectivity index (χ4v) is 2.62. The van der Waals surface area contributed by atoms with Gasteiger partial charge in [0.15, 0.2) is 5.79 Å². The van der Waals surface area contributed by atoms with Crippen LogP contribution in [0, 0.1) is 23.7 Å². The first kappa shape index (κ1) is 19.5. The predicted octanol–water partition coefficient (Wildman–Crippen LogP) is 4.02. The Morgan fingerprint density at radius 2 is 1.83 bits per heavy atom. The number of ether oxygens (including phenoxy) is 2. The van der Waals surface area contributed by atoms with Crippen LogP contribution in [0.2, 0.25) is 0 Å². The molecule has 0 aromatic carbocycles. The van der Waals surface area contributed by atoms with Crippen LogP contribution in [0.3, 0.4) is 0 Å². The zero-order valence-corrected chi connectivity index (χ0v) is 14.6. The van der Waals surface area contributed by atoms with E-state index in [0.717, 1.165) is 12.8 Å². The number of rotatable bonds is 8. The Kier molecular flexibility index (Phi) is 8.70. The first-order valence-electron chi connectivity index (χ1n) is 8.49. The van der Waals surface area contributed by atoms with Crippen molar-refractivity contribution < 1.29 is 14.3 Å². The van der Waals surface area contributed by atoms with Crippen molar-refractivity contribution in [3.05, 3.63) is 12.7 Å². The number of hydrogen-bond donors (Lipinski definition) is 0. The Bertz CT molecular complexity index is 510. The van der Waals surface area contributed by atoms with Crippen LogP contribution < -0.4 is 0 Å². The van der Waals surface area contributed by atoms with Gasteiger partial charge in [-0.3, -0.25) is 4.79 Å². The topological polar surface area (TPSA) is 35.5 Å². The quantitative estimate of drug-likeness (QED) is 0.294. The normalized spacial score (nSPS) is 21.7. The lowest BCUT2D eigenvalue weighted by atomic mass is 10.0. The fourth-order valence-electron chi connectivity index (χ4n) is 2.62.